The molecule has 9 atom stereocenters. The quantitative estimate of drug-likeness (QED) is 0.358. The molecule has 0 amide bonds. The fourth-order valence-corrected chi connectivity index (χ4v) is 5.68. The van der Waals surface area contributed by atoms with Crippen LogP contribution in [0.2, 0.25) is 0 Å². The minimum Gasteiger partial charge on any atom is -0.457 e. The molecule has 2 N–H and O–H groups in total. The summed E-state index contributed by atoms with van der Waals surface area (Å²) in [7, 11) is 3.40. The molecule has 0 saturated carbocycles. The average Bonchev–Trinajstić information content (AvgIpc) is 2.73. The van der Waals surface area contributed by atoms with Crippen molar-refractivity contribution in [2.75, 3.05) is 20.7 Å². The summed E-state index contributed by atoms with van der Waals surface area (Å²) >= 11 is 0. The molecule has 0 aromatic carbocycles. The van der Waals surface area contributed by atoms with E-state index in [0.29, 0.717) is 18.5 Å². The van der Waals surface area contributed by atoms with E-state index < -0.39 is 58.7 Å². The van der Waals surface area contributed by atoms with Crippen molar-refractivity contribution in [2.24, 2.45) is 17.8 Å². The van der Waals surface area contributed by atoms with E-state index in [1.54, 1.807) is 34.8 Å². The maximum Gasteiger partial charge on any atom is 0.351 e. The number of methoxy groups -OCH3 is 1. The number of carbonyl (C=O) groups excluding carboxylic acids is 2. The van der Waals surface area contributed by atoms with Gasteiger partial charge in [-0.25, -0.2) is 9.18 Å². The van der Waals surface area contributed by atoms with Gasteiger partial charge in [0.15, 0.2) is 5.78 Å². The second-order valence-electron chi connectivity index (χ2n) is 11.0. The molecule has 1 aliphatic heterocycles. The van der Waals surface area contributed by atoms with Crippen LogP contribution in [0.3, 0.4) is 0 Å². The molecule has 1 aliphatic rings. The molecule has 0 aromatic heterocycles. The minimum absolute atomic E-state index is 0.0560. The van der Waals surface area contributed by atoms with Crippen LogP contribution in [0, 0.1) is 17.8 Å². The van der Waals surface area contributed by atoms with Gasteiger partial charge in [0.2, 0.25) is 0 Å². The highest BCUT2D eigenvalue weighted by Crippen LogP contribution is 2.41. The van der Waals surface area contributed by atoms with E-state index >= 15 is 4.39 Å². The van der Waals surface area contributed by atoms with Crippen molar-refractivity contribution in [2.45, 2.75) is 103 Å². The van der Waals surface area contributed by atoms with E-state index in [0.717, 1.165) is 6.92 Å². The Kier molecular flexibility index (Phi) is 10.1. The number of cyclic esters (lactones) is 1. The van der Waals surface area contributed by atoms with Crippen molar-refractivity contribution < 1.29 is 33.7 Å². The maximum absolute atomic E-state index is 15.8. The number of rotatable bonds is 3. The number of hydrogen-bond acceptors (Lipinski definition) is 7. The van der Waals surface area contributed by atoms with Gasteiger partial charge in [0, 0.05) is 31.5 Å². The summed E-state index contributed by atoms with van der Waals surface area (Å²) in [6.07, 6.45) is -1.87. The number of aliphatic hydroxyl groups excluding tert-OH is 1. The molecule has 8 heteroatoms. The third-order valence-corrected chi connectivity index (χ3v) is 7.79. The number of Topliss-reactive ketones (excluding diaryl/α,β-unsaturated/α-hetero) is 1. The van der Waals surface area contributed by atoms with Crippen LogP contribution in [-0.2, 0) is 19.1 Å². The molecule has 1 fully saturated rings. The number of alkyl halides is 1. The highest BCUT2D eigenvalue weighted by molar-refractivity contribution is 6.07. The molecule has 198 valence electrons. The number of halogens is 1. The summed E-state index contributed by atoms with van der Waals surface area (Å²) in [5.74, 6) is -3.74. The third-order valence-electron chi connectivity index (χ3n) is 7.79. The molecule has 0 bridgehead atoms. The van der Waals surface area contributed by atoms with Crippen LogP contribution in [-0.4, -0.2) is 82.7 Å². The van der Waals surface area contributed by atoms with Gasteiger partial charge >= 0.3 is 5.97 Å². The smallest absolute Gasteiger partial charge is 0.351 e. The highest BCUT2D eigenvalue weighted by atomic mass is 19.1. The number of ketones is 1. The van der Waals surface area contributed by atoms with Crippen LogP contribution >= 0.6 is 0 Å². The fraction of sp³-hybridized carbons (Fsp3) is 0.846. The van der Waals surface area contributed by atoms with Crippen molar-refractivity contribution in [3.8, 4) is 0 Å². The SMILES string of the molecule is C=C(C)[C@@H]1[C@@H](C)C(=O)[C@](C)(F)C(=O)O[C@H](CC)[C@@](C)(O)[C@H](O)[C@@H](C)N(C)C[C@H](C)C[C@@]1(C)OC. The Morgan fingerprint density at radius 1 is 1.26 bits per heavy atom. The van der Waals surface area contributed by atoms with Crippen molar-refractivity contribution in [3.05, 3.63) is 12.2 Å². The van der Waals surface area contributed by atoms with Gasteiger partial charge in [-0.05, 0) is 60.4 Å². The molecule has 0 aromatic rings. The normalized spacial score (nSPS) is 44.1. The lowest BCUT2D eigenvalue weighted by Gasteiger charge is -2.43. The topological polar surface area (TPSA) is 96.3 Å². The van der Waals surface area contributed by atoms with E-state index in [-0.39, 0.29) is 12.3 Å². The van der Waals surface area contributed by atoms with Gasteiger partial charge in [-0.2, -0.15) is 0 Å². The van der Waals surface area contributed by atoms with Crippen LogP contribution in [0.1, 0.15) is 68.2 Å². The van der Waals surface area contributed by atoms with Gasteiger partial charge in [0.1, 0.15) is 17.8 Å². The summed E-state index contributed by atoms with van der Waals surface area (Å²) in [5, 5.41) is 22.2. The van der Waals surface area contributed by atoms with E-state index in [4.69, 9.17) is 9.47 Å². The van der Waals surface area contributed by atoms with Gasteiger partial charge in [-0.1, -0.05) is 32.9 Å². The van der Waals surface area contributed by atoms with Crippen molar-refractivity contribution >= 4 is 11.8 Å². The average molecular weight is 488 g/mol. The largest absolute Gasteiger partial charge is 0.457 e. The number of nitrogens with zero attached hydrogens (tertiary/aromatic N) is 1. The predicted octanol–water partition coefficient (Wildman–Crippen LogP) is 3.31. The van der Waals surface area contributed by atoms with E-state index in [2.05, 4.69) is 6.58 Å². The summed E-state index contributed by atoms with van der Waals surface area (Å²) in [4.78, 5) is 28.2. The Balaban J connectivity index is 3.67. The first-order valence-corrected chi connectivity index (χ1v) is 12.1. The lowest BCUT2D eigenvalue weighted by molar-refractivity contribution is -0.196. The van der Waals surface area contributed by atoms with Gasteiger partial charge in [0.25, 0.3) is 5.67 Å². The highest BCUT2D eigenvalue weighted by Gasteiger charge is 2.53. The second-order valence-corrected chi connectivity index (χ2v) is 11.0. The van der Waals surface area contributed by atoms with Crippen molar-refractivity contribution in [1.82, 2.24) is 4.90 Å². The Labute approximate surface area is 204 Å². The lowest BCUT2D eigenvalue weighted by atomic mass is 9.69. The Hall–Kier alpha value is -1.35. The van der Waals surface area contributed by atoms with Crippen LogP contribution in [0.4, 0.5) is 4.39 Å². The Morgan fingerprint density at radius 2 is 1.79 bits per heavy atom. The molecular weight excluding hydrogens is 441 g/mol. The number of likely N-dealkylation sites (N-methyl/N-ethyl adjacent to an activating group) is 1. The lowest BCUT2D eigenvalue weighted by Crippen LogP contribution is -2.59. The van der Waals surface area contributed by atoms with Gasteiger partial charge in [0.05, 0.1) is 5.60 Å². The summed E-state index contributed by atoms with van der Waals surface area (Å²) < 4.78 is 27.0. The van der Waals surface area contributed by atoms with Gasteiger partial charge < -0.3 is 24.6 Å². The molecule has 7 nitrogen and oxygen atoms in total. The number of hydrogen-bond donors (Lipinski definition) is 2. The molecule has 34 heavy (non-hydrogen) atoms. The molecular formula is C26H46FNO6. The van der Waals surface area contributed by atoms with Crippen molar-refractivity contribution in [3.63, 3.8) is 0 Å². The number of ether oxygens (including phenoxy) is 2. The zero-order valence-electron chi connectivity index (χ0n) is 22.6. The summed E-state index contributed by atoms with van der Waals surface area (Å²) in [6.45, 7) is 17.6. The molecule has 0 unspecified atom stereocenters. The van der Waals surface area contributed by atoms with Crippen LogP contribution in [0.25, 0.3) is 0 Å². The van der Waals surface area contributed by atoms with Crippen LogP contribution in [0.5, 0.6) is 0 Å². The first kappa shape index (κ1) is 30.7. The summed E-state index contributed by atoms with van der Waals surface area (Å²) in [6, 6.07) is -0.501. The standard InChI is InChI=1S/C26H46FNO6/c1-12-19-26(9,32)22(30)18(6)28(10)14-16(4)13-24(7,33-11)20(15(2)3)17(5)21(29)25(8,27)23(31)34-19/h16-20,22,30,32H,2,12-14H2,1,3-11H3/t16-,17-,18-,19-,20-,22-,24-,25+,26-/m1/s1. The van der Waals surface area contributed by atoms with E-state index in [1.807, 2.05) is 25.8 Å². The van der Waals surface area contributed by atoms with E-state index in [1.165, 1.54) is 6.92 Å². The van der Waals surface area contributed by atoms with Gasteiger partial charge in [-0.15, -0.1) is 0 Å². The Morgan fingerprint density at radius 3 is 2.24 bits per heavy atom. The van der Waals surface area contributed by atoms with Crippen LogP contribution < -0.4 is 0 Å². The second kappa shape index (κ2) is 11.1. The van der Waals surface area contributed by atoms with E-state index in [9.17, 15) is 19.8 Å². The monoisotopic (exact) mass is 487 g/mol. The predicted molar refractivity (Wildman–Crippen MR) is 130 cm³/mol. The third kappa shape index (κ3) is 6.07. The number of esters is 1. The zero-order chi connectivity index (χ0) is 26.8. The van der Waals surface area contributed by atoms with Crippen molar-refractivity contribution in [1.29, 1.82) is 0 Å². The molecule has 1 rings (SSSR count). The van der Waals surface area contributed by atoms with Crippen LogP contribution in [0.15, 0.2) is 12.2 Å². The number of aliphatic hydroxyl groups is 2. The first-order valence-electron chi connectivity index (χ1n) is 12.1. The number of carbonyl (C=O) groups is 2. The molecule has 1 saturated heterocycles. The molecule has 0 radical (unpaired) electrons. The zero-order valence-corrected chi connectivity index (χ0v) is 22.6. The minimum atomic E-state index is -2.95. The molecule has 1 heterocycles. The van der Waals surface area contributed by atoms with Gasteiger partial charge in [-0.3, -0.25) is 4.79 Å². The fourth-order valence-electron chi connectivity index (χ4n) is 5.68. The molecule has 0 aliphatic carbocycles. The Bertz CT molecular complexity index is 754. The summed E-state index contributed by atoms with van der Waals surface area (Å²) in [5.41, 5.74) is -5.03. The maximum atomic E-state index is 15.8. The molecule has 0 spiro atoms. The first-order chi connectivity index (χ1) is 15.4.